The molecule has 0 aliphatic carbocycles. The van der Waals surface area contributed by atoms with Gasteiger partial charge in [-0.1, -0.05) is 25.7 Å². The topological polar surface area (TPSA) is 172 Å². The maximum atomic E-state index is 7.25. The Morgan fingerprint density at radius 2 is 1.49 bits per heavy atom. The highest BCUT2D eigenvalue weighted by Crippen LogP contribution is 2.12. The lowest BCUT2D eigenvalue weighted by Gasteiger charge is -2.06. The fourth-order valence-electron chi connectivity index (χ4n) is 2.99. The minimum atomic E-state index is 0.0839. The third kappa shape index (κ3) is 21.4. The Morgan fingerprint density at radius 1 is 0.857 bits per heavy atom. The first-order valence-corrected chi connectivity index (χ1v) is 12.6. The van der Waals surface area contributed by atoms with Crippen LogP contribution in [0.4, 0.5) is 0 Å². The smallest absolute Gasteiger partial charge is 0.188 e. The molecule has 1 aromatic carbocycles. The van der Waals surface area contributed by atoms with Gasteiger partial charge in [-0.05, 0) is 70.6 Å². The SMILES string of the molecule is CNCCCCOc1ccc(C(=N)N)cc1.CNCCNC(N)=NCCCCCCCCN=CN. The molecule has 10 N–H and O–H groups in total. The van der Waals surface area contributed by atoms with Crippen LogP contribution in [0, 0.1) is 5.41 Å². The van der Waals surface area contributed by atoms with Crippen LogP contribution in [0.2, 0.25) is 0 Å². The quantitative estimate of drug-likeness (QED) is 0.0877. The molecule has 0 aliphatic heterocycles. The second-order valence-corrected chi connectivity index (χ2v) is 8.07. The molecule has 0 spiro atoms. The summed E-state index contributed by atoms with van der Waals surface area (Å²) in [6.45, 7) is 5.13. The maximum absolute atomic E-state index is 7.25. The Bertz CT molecular complexity index is 678. The summed E-state index contributed by atoms with van der Waals surface area (Å²) in [4.78, 5) is 8.26. The standard InChI is InChI=1S/C13H30N6.C12H19N3O/c1-16-10-11-19-13(15)18-9-7-5-3-2-4-6-8-17-12-14;1-15-8-2-3-9-16-11-6-4-10(5-7-11)12(13)14/h12,16H,2-11H2,1H3,(H2,14,17)(H3,15,18,19);4-7,15H,2-3,8-9H2,1H3,(H3,13,14). The van der Waals surface area contributed by atoms with Crippen molar-refractivity contribution in [3.8, 4) is 5.75 Å². The van der Waals surface area contributed by atoms with Gasteiger partial charge in [0.25, 0.3) is 0 Å². The molecular formula is C25H49N9O. The van der Waals surface area contributed by atoms with E-state index in [0.717, 1.165) is 76.3 Å². The van der Waals surface area contributed by atoms with E-state index < -0.39 is 0 Å². The average Bonchev–Trinajstić information content (AvgIpc) is 2.86. The van der Waals surface area contributed by atoms with Crippen LogP contribution in [-0.2, 0) is 0 Å². The summed E-state index contributed by atoms with van der Waals surface area (Å²) in [7, 11) is 3.86. The van der Waals surface area contributed by atoms with Crippen LogP contribution in [0.5, 0.6) is 5.75 Å². The number of aliphatic imine (C=N–C) groups is 2. The molecule has 0 amide bonds. The summed E-state index contributed by atoms with van der Waals surface area (Å²) in [5.41, 5.74) is 17.0. The van der Waals surface area contributed by atoms with E-state index in [2.05, 4.69) is 25.9 Å². The molecule has 0 bridgehead atoms. The van der Waals surface area contributed by atoms with Crippen LogP contribution in [0.25, 0.3) is 0 Å². The van der Waals surface area contributed by atoms with Gasteiger partial charge in [0.15, 0.2) is 5.96 Å². The van der Waals surface area contributed by atoms with Crippen molar-refractivity contribution in [1.29, 1.82) is 5.41 Å². The summed E-state index contributed by atoms with van der Waals surface area (Å²) in [6, 6.07) is 7.28. The van der Waals surface area contributed by atoms with E-state index >= 15 is 0 Å². The van der Waals surface area contributed by atoms with Crippen LogP contribution in [0.3, 0.4) is 0 Å². The lowest BCUT2D eigenvalue weighted by atomic mass is 10.1. The van der Waals surface area contributed by atoms with Crippen LogP contribution in [0.1, 0.15) is 56.9 Å². The van der Waals surface area contributed by atoms with E-state index in [1.807, 2.05) is 26.2 Å². The van der Waals surface area contributed by atoms with Gasteiger partial charge >= 0.3 is 0 Å². The molecule has 0 saturated carbocycles. The Labute approximate surface area is 212 Å². The molecule has 0 heterocycles. The zero-order chi connectivity index (χ0) is 26.0. The lowest BCUT2D eigenvalue weighted by Crippen LogP contribution is -2.36. The lowest BCUT2D eigenvalue weighted by molar-refractivity contribution is 0.306. The van der Waals surface area contributed by atoms with Gasteiger partial charge in [0.05, 0.1) is 12.9 Å². The molecule has 0 fully saturated rings. The van der Waals surface area contributed by atoms with Crippen LogP contribution in [-0.4, -0.2) is 71.6 Å². The first-order chi connectivity index (χ1) is 17.0. The predicted octanol–water partition coefficient (Wildman–Crippen LogP) is 1.79. The van der Waals surface area contributed by atoms with Crippen molar-refractivity contribution >= 4 is 18.1 Å². The zero-order valence-electron chi connectivity index (χ0n) is 21.8. The number of guanidine groups is 1. The van der Waals surface area contributed by atoms with Gasteiger partial charge in [-0.25, -0.2) is 0 Å². The number of amidine groups is 1. The van der Waals surface area contributed by atoms with Crippen molar-refractivity contribution in [2.75, 3.05) is 53.4 Å². The third-order valence-corrected chi connectivity index (χ3v) is 5.02. The fraction of sp³-hybridized carbons (Fsp3) is 0.640. The number of benzene rings is 1. The number of nitrogen functional groups attached to an aromatic ring is 1. The minimum Gasteiger partial charge on any atom is -0.494 e. The summed E-state index contributed by atoms with van der Waals surface area (Å²) in [5, 5.41) is 16.4. The molecule has 35 heavy (non-hydrogen) atoms. The Morgan fingerprint density at radius 3 is 2.09 bits per heavy atom. The molecule has 10 heteroatoms. The molecule has 0 saturated heterocycles. The van der Waals surface area contributed by atoms with E-state index in [-0.39, 0.29) is 5.84 Å². The molecule has 0 aromatic heterocycles. The number of likely N-dealkylation sites (N-methyl/N-ethyl adjacent to an activating group) is 1. The van der Waals surface area contributed by atoms with Gasteiger partial charge in [0.2, 0.25) is 0 Å². The molecule has 0 atom stereocenters. The van der Waals surface area contributed by atoms with Crippen molar-refractivity contribution in [2.45, 2.75) is 51.4 Å². The highest BCUT2D eigenvalue weighted by atomic mass is 16.5. The summed E-state index contributed by atoms with van der Waals surface area (Å²) >= 11 is 0. The number of ether oxygens (including phenoxy) is 1. The molecule has 10 nitrogen and oxygen atoms in total. The zero-order valence-corrected chi connectivity index (χ0v) is 21.8. The highest BCUT2D eigenvalue weighted by Gasteiger charge is 1.97. The van der Waals surface area contributed by atoms with Crippen molar-refractivity contribution < 1.29 is 4.74 Å². The van der Waals surface area contributed by atoms with E-state index in [1.165, 1.54) is 32.0 Å². The van der Waals surface area contributed by atoms with Crippen molar-refractivity contribution in [3.05, 3.63) is 29.8 Å². The van der Waals surface area contributed by atoms with Crippen molar-refractivity contribution in [1.82, 2.24) is 16.0 Å². The number of unbranched alkanes of at least 4 members (excludes halogenated alkanes) is 6. The van der Waals surface area contributed by atoms with Gasteiger partial charge < -0.3 is 37.9 Å². The van der Waals surface area contributed by atoms with E-state index in [1.54, 1.807) is 12.1 Å². The van der Waals surface area contributed by atoms with Crippen LogP contribution in [0.15, 0.2) is 34.3 Å². The molecule has 0 aliphatic rings. The molecule has 0 unspecified atom stereocenters. The second-order valence-electron chi connectivity index (χ2n) is 8.07. The summed E-state index contributed by atoms with van der Waals surface area (Å²) in [6.07, 6.45) is 10.7. The first-order valence-electron chi connectivity index (χ1n) is 12.6. The second kappa shape index (κ2) is 24.3. The van der Waals surface area contributed by atoms with Crippen molar-refractivity contribution in [3.63, 3.8) is 0 Å². The highest BCUT2D eigenvalue weighted by molar-refractivity contribution is 5.94. The normalized spacial score (nSPS) is 11.2. The van der Waals surface area contributed by atoms with E-state index in [0.29, 0.717) is 5.96 Å². The number of rotatable bonds is 19. The van der Waals surface area contributed by atoms with Gasteiger partial charge in [-0.2, -0.15) is 0 Å². The molecule has 1 aromatic rings. The van der Waals surface area contributed by atoms with Gasteiger partial charge in [-0.15, -0.1) is 0 Å². The molecule has 200 valence electrons. The average molecular weight is 492 g/mol. The van der Waals surface area contributed by atoms with E-state index in [9.17, 15) is 0 Å². The number of hydrogen-bond acceptors (Lipinski definition) is 6. The van der Waals surface area contributed by atoms with Crippen molar-refractivity contribution in [2.24, 2.45) is 27.2 Å². The summed E-state index contributed by atoms with van der Waals surface area (Å²) in [5.74, 6) is 1.46. The Balaban J connectivity index is 0.000000669. The number of hydrogen-bond donors (Lipinski definition) is 7. The number of nitrogens with one attached hydrogen (secondary N) is 4. The summed E-state index contributed by atoms with van der Waals surface area (Å²) < 4.78 is 5.55. The van der Waals surface area contributed by atoms with Crippen LogP contribution >= 0.6 is 0 Å². The third-order valence-electron chi connectivity index (χ3n) is 5.02. The molecule has 0 radical (unpaired) electrons. The number of nitrogens with zero attached hydrogens (tertiary/aromatic N) is 2. The number of nitrogens with two attached hydrogens (primary N) is 3. The minimum absolute atomic E-state index is 0.0839. The maximum Gasteiger partial charge on any atom is 0.188 e. The molecule has 1 rings (SSSR count). The van der Waals surface area contributed by atoms with Gasteiger partial charge in [0.1, 0.15) is 11.6 Å². The fourth-order valence-corrected chi connectivity index (χ4v) is 2.99. The van der Waals surface area contributed by atoms with E-state index in [4.69, 9.17) is 27.3 Å². The van der Waals surface area contributed by atoms with Gasteiger partial charge in [-0.3, -0.25) is 15.4 Å². The Hall–Kier alpha value is -2.85. The largest absolute Gasteiger partial charge is 0.494 e. The monoisotopic (exact) mass is 491 g/mol. The first kappa shape index (κ1) is 32.1. The predicted molar refractivity (Wildman–Crippen MR) is 150 cm³/mol. The Kier molecular flexibility index (Phi) is 22.3. The van der Waals surface area contributed by atoms with Crippen LogP contribution < -0.4 is 37.9 Å². The molecular weight excluding hydrogens is 442 g/mol. The van der Waals surface area contributed by atoms with Gasteiger partial charge in [0, 0.05) is 31.7 Å².